The third-order valence-corrected chi connectivity index (χ3v) is 3.55. The van der Waals surface area contributed by atoms with Gasteiger partial charge in [0.05, 0.1) is 16.8 Å². The third kappa shape index (κ3) is 2.13. The van der Waals surface area contributed by atoms with Crippen molar-refractivity contribution in [1.82, 2.24) is 10.3 Å². The molecule has 4 heteroatoms. The van der Waals surface area contributed by atoms with Crippen LogP contribution in [-0.2, 0) is 0 Å². The van der Waals surface area contributed by atoms with E-state index in [-0.39, 0.29) is 0 Å². The number of hydrogen-bond donors (Lipinski definition) is 1. The van der Waals surface area contributed by atoms with Crippen molar-refractivity contribution in [2.24, 2.45) is 0 Å². The van der Waals surface area contributed by atoms with Gasteiger partial charge in [0.2, 0.25) is 0 Å². The third-order valence-electron chi connectivity index (χ3n) is 3.55. The van der Waals surface area contributed by atoms with Crippen molar-refractivity contribution in [3.05, 3.63) is 36.0 Å². The van der Waals surface area contributed by atoms with Crippen molar-refractivity contribution < 1.29 is 0 Å². The van der Waals surface area contributed by atoms with Gasteiger partial charge in [-0.1, -0.05) is 18.2 Å². The van der Waals surface area contributed by atoms with Crippen LogP contribution in [0.4, 0.5) is 5.69 Å². The van der Waals surface area contributed by atoms with E-state index in [0.717, 1.165) is 36.2 Å². The summed E-state index contributed by atoms with van der Waals surface area (Å²) in [6.07, 6.45) is 1.68. The van der Waals surface area contributed by atoms with Crippen LogP contribution in [0, 0.1) is 11.3 Å². The van der Waals surface area contributed by atoms with Crippen LogP contribution in [0.15, 0.2) is 30.5 Å². The second-order valence-electron chi connectivity index (χ2n) is 4.95. The molecule has 1 atom stereocenters. The maximum atomic E-state index is 9.34. The average Bonchev–Trinajstić information content (AvgIpc) is 2.46. The minimum absolute atomic E-state index is 0.437. The number of para-hydroxylation sites is 1. The molecule has 0 aliphatic carbocycles. The van der Waals surface area contributed by atoms with E-state index in [0.29, 0.717) is 11.6 Å². The first-order chi connectivity index (χ1) is 9.29. The molecule has 1 aromatic carbocycles. The van der Waals surface area contributed by atoms with Crippen molar-refractivity contribution in [2.45, 2.75) is 13.0 Å². The number of hydrogen-bond acceptors (Lipinski definition) is 4. The summed E-state index contributed by atoms with van der Waals surface area (Å²) in [6.45, 7) is 4.96. The summed E-state index contributed by atoms with van der Waals surface area (Å²) in [5, 5.41) is 13.8. The number of anilines is 1. The van der Waals surface area contributed by atoms with Crippen LogP contribution in [0.2, 0.25) is 0 Å². The van der Waals surface area contributed by atoms with E-state index in [1.165, 1.54) is 0 Å². The summed E-state index contributed by atoms with van der Waals surface area (Å²) in [5.74, 6) is 0. The zero-order valence-corrected chi connectivity index (χ0v) is 10.9. The van der Waals surface area contributed by atoms with Crippen molar-refractivity contribution in [3.63, 3.8) is 0 Å². The maximum absolute atomic E-state index is 9.34. The molecule has 0 unspecified atom stereocenters. The summed E-state index contributed by atoms with van der Waals surface area (Å²) >= 11 is 0. The molecule has 0 spiro atoms. The van der Waals surface area contributed by atoms with Gasteiger partial charge in [0.15, 0.2) is 0 Å². The van der Waals surface area contributed by atoms with Crippen molar-refractivity contribution in [1.29, 1.82) is 5.26 Å². The van der Waals surface area contributed by atoms with Gasteiger partial charge in [-0.2, -0.15) is 5.26 Å². The lowest BCUT2D eigenvalue weighted by Crippen LogP contribution is -2.49. The van der Waals surface area contributed by atoms with Gasteiger partial charge >= 0.3 is 0 Å². The molecule has 4 nitrogen and oxygen atoms in total. The number of fused-ring (bicyclic) bond motifs is 1. The van der Waals surface area contributed by atoms with Gasteiger partial charge in [-0.05, 0) is 13.0 Å². The van der Waals surface area contributed by atoms with E-state index in [1.807, 2.05) is 24.3 Å². The molecule has 1 aromatic heterocycles. The smallest absolute Gasteiger partial charge is 0.103 e. The molecule has 2 aromatic rings. The zero-order valence-electron chi connectivity index (χ0n) is 10.9. The first-order valence-corrected chi connectivity index (χ1v) is 6.56. The van der Waals surface area contributed by atoms with Gasteiger partial charge in [0.1, 0.15) is 6.07 Å². The Morgan fingerprint density at radius 2 is 2.26 bits per heavy atom. The topological polar surface area (TPSA) is 52.0 Å². The Morgan fingerprint density at radius 1 is 1.42 bits per heavy atom. The van der Waals surface area contributed by atoms with E-state index in [9.17, 15) is 5.26 Å². The summed E-state index contributed by atoms with van der Waals surface area (Å²) < 4.78 is 0. The van der Waals surface area contributed by atoms with Gasteiger partial charge < -0.3 is 10.2 Å². The number of pyridine rings is 1. The highest BCUT2D eigenvalue weighted by Crippen LogP contribution is 2.29. The van der Waals surface area contributed by atoms with E-state index >= 15 is 0 Å². The number of nitriles is 1. The fourth-order valence-corrected chi connectivity index (χ4v) is 2.68. The molecule has 0 amide bonds. The van der Waals surface area contributed by atoms with E-state index in [2.05, 4.69) is 28.2 Å². The highest BCUT2D eigenvalue weighted by atomic mass is 15.2. The Balaban J connectivity index is 2.17. The minimum Gasteiger partial charge on any atom is -0.367 e. The lowest BCUT2D eigenvalue weighted by Gasteiger charge is -2.34. The fraction of sp³-hybridized carbons (Fsp3) is 0.333. The van der Waals surface area contributed by atoms with E-state index in [1.54, 1.807) is 6.20 Å². The van der Waals surface area contributed by atoms with Crippen LogP contribution < -0.4 is 10.2 Å². The molecule has 1 saturated heterocycles. The van der Waals surface area contributed by atoms with Crippen molar-refractivity contribution >= 4 is 16.6 Å². The molecule has 3 rings (SSSR count). The number of piperazine rings is 1. The van der Waals surface area contributed by atoms with Gasteiger partial charge in [0, 0.05) is 37.3 Å². The molecule has 2 heterocycles. The molecule has 19 heavy (non-hydrogen) atoms. The molecule has 1 aliphatic heterocycles. The van der Waals surface area contributed by atoms with Crippen LogP contribution in [0.25, 0.3) is 10.9 Å². The van der Waals surface area contributed by atoms with Crippen LogP contribution in [0.5, 0.6) is 0 Å². The number of nitrogens with zero attached hydrogens (tertiary/aromatic N) is 3. The van der Waals surface area contributed by atoms with Crippen LogP contribution in [0.3, 0.4) is 0 Å². The lowest BCUT2D eigenvalue weighted by molar-refractivity contribution is 0.485. The Kier molecular flexibility index (Phi) is 3.06. The summed E-state index contributed by atoms with van der Waals surface area (Å²) in [5.41, 5.74) is 2.64. The van der Waals surface area contributed by atoms with Gasteiger partial charge in [0.25, 0.3) is 0 Å². The van der Waals surface area contributed by atoms with Crippen molar-refractivity contribution in [3.8, 4) is 6.07 Å². The van der Waals surface area contributed by atoms with E-state index in [4.69, 9.17) is 0 Å². The molecule has 96 valence electrons. The molecule has 1 fully saturated rings. The van der Waals surface area contributed by atoms with Gasteiger partial charge in [-0.25, -0.2) is 0 Å². The Morgan fingerprint density at radius 3 is 3.05 bits per heavy atom. The molecular weight excluding hydrogens is 236 g/mol. The predicted molar refractivity (Wildman–Crippen MR) is 76.1 cm³/mol. The average molecular weight is 252 g/mol. The van der Waals surface area contributed by atoms with Gasteiger partial charge in [-0.15, -0.1) is 0 Å². The summed E-state index contributed by atoms with van der Waals surface area (Å²) in [7, 11) is 0. The molecule has 0 radical (unpaired) electrons. The normalized spacial score (nSPS) is 19.4. The maximum Gasteiger partial charge on any atom is 0.103 e. The standard InChI is InChI=1S/C15H16N4/c1-11-10-19(7-6-17-11)15-12(8-16)9-18-14-5-3-2-4-13(14)15/h2-5,9,11,17H,6-7,10H2,1H3/t11-/m0/s1. The Bertz CT molecular complexity index is 644. The largest absolute Gasteiger partial charge is 0.367 e. The highest BCUT2D eigenvalue weighted by molar-refractivity contribution is 5.94. The number of rotatable bonds is 1. The fourth-order valence-electron chi connectivity index (χ4n) is 2.68. The van der Waals surface area contributed by atoms with Gasteiger partial charge in [-0.3, -0.25) is 4.98 Å². The second-order valence-corrected chi connectivity index (χ2v) is 4.95. The quantitative estimate of drug-likeness (QED) is 0.842. The number of nitrogens with one attached hydrogen (secondary N) is 1. The Hall–Kier alpha value is -2.12. The summed E-state index contributed by atoms with van der Waals surface area (Å²) in [4.78, 5) is 6.66. The number of aromatic nitrogens is 1. The predicted octanol–water partition coefficient (Wildman–Crippen LogP) is 1.90. The Labute approximate surface area is 112 Å². The minimum atomic E-state index is 0.437. The molecule has 1 N–H and O–H groups in total. The lowest BCUT2D eigenvalue weighted by atomic mass is 10.1. The van der Waals surface area contributed by atoms with Crippen molar-refractivity contribution in [2.75, 3.05) is 24.5 Å². The monoisotopic (exact) mass is 252 g/mol. The SMILES string of the molecule is C[C@H]1CN(c2c(C#N)cnc3ccccc23)CCN1. The highest BCUT2D eigenvalue weighted by Gasteiger charge is 2.20. The first kappa shape index (κ1) is 11.9. The first-order valence-electron chi connectivity index (χ1n) is 6.56. The van der Waals surface area contributed by atoms with Crippen LogP contribution in [-0.4, -0.2) is 30.7 Å². The molecule has 0 saturated carbocycles. The number of benzene rings is 1. The van der Waals surface area contributed by atoms with Crippen LogP contribution in [0.1, 0.15) is 12.5 Å². The molecule has 1 aliphatic rings. The summed E-state index contributed by atoms with van der Waals surface area (Å²) in [6, 6.07) is 10.7. The van der Waals surface area contributed by atoms with E-state index < -0.39 is 0 Å². The second kappa shape index (κ2) is 4.87. The molecular formula is C15H16N4. The zero-order chi connectivity index (χ0) is 13.2. The molecule has 0 bridgehead atoms. The van der Waals surface area contributed by atoms with Crippen LogP contribution >= 0.6 is 0 Å².